The molecule has 5 nitrogen and oxygen atoms in total. The molecule has 4 aromatic rings. The summed E-state index contributed by atoms with van der Waals surface area (Å²) >= 11 is 0. The molecule has 4 rings (SSSR count). The van der Waals surface area contributed by atoms with E-state index in [2.05, 4.69) is 0 Å². The second-order valence-corrected chi connectivity index (χ2v) is 8.80. The Balaban J connectivity index is 1.77. The van der Waals surface area contributed by atoms with Gasteiger partial charge in [-0.2, -0.15) is 0 Å². The van der Waals surface area contributed by atoms with Crippen LogP contribution in [0.3, 0.4) is 0 Å². The normalized spacial score (nSPS) is 12.6. The minimum atomic E-state index is -1.19. The Morgan fingerprint density at radius 2 is 0.861 bits per heavy atom. The third-order valence-electron chi connectivity index (χ3n) is 6.53. The predicted molar refractivity (Wildman–Crippen MR) is 140 cm³/mol. The van der Waals surface area contributed by atoms with Crippen molar-refractivity contribution in [1.29, 1.82) is 0 Å². The van der Waals surface area contributed by atoms with Crippen LogP contribution in [-0.2, 0) is 0 Å². The van der Waals surface area contributed by atoms with Gasteiger partial charge in [0, 0.05) is 28.9 Å². The second-order valence-electron chi connectivity index (χ2n) is 8.80. The molecule has 0 bridgehead atoms. The van der Waals surface area contributed by atoms with Gasteiger partial charge in [-0.3, -0.25) is 19.7 Å². The molecule has 0 aliphatic carbocycles. The average Bonchev–Trinajstić information content (AvgIpc) is 2.93. The van der Waals surface area contributed by atoms with Gasteiger partial charge in [0.15, 0.2) is 11.6 Å². The molecular formula is C31H27NO4. The van der Waals surface area contributed by atoms with Crippen molar-refractivity contribution in [3.63, 3.8) is 0 Å². The molecular weight excluding hydrogens is 450 g/mol. The van der Waals surface area contributed by atoms with E-state index in [9.17, 15) is 19.7 Å². The summed E-state index contributed by atoms with van der Waals surface area (Å²) in [5, 5.41) is 12.7. The van der Waals surface area contributed by atoms with E-state index >= 15 is 0 Å². The van der Waals surface area contributed by atoms with E-state index in [1.807, 2.05) is 72.8 Å². The average molecular weight is 478 g/mol. The topological polar surface area (TPSA) is 77.3 Å². The number of nitro groups is 1. The number of carbonyl (C=O) groups is 2. The highest BCUT2D eigenvalue weighted by molar-refractivity contribution is 5.97. The lowest BCUT2D eigenvalue weighted by atomic mass is 9.75. The van der Waals surface area contributed by atoms with Crippen LogP contribution in [0.25, 0.3) is 0 Å². The predicted octanol–water partition coefficient (Wildman–Crippen LogP) is 6.75. The van der Waals surface area contributed by atoms with Crippen LogP contribution in [0.15, 0.2) is 121 Å². The van der Waals surface area contributed by atoms with E-state index < -0.39 is 17.9 Å². The summed E-state index contributed by atoms with van der Waals surface area (Å²) in [5.41, 5.74) is 2.43. The molecule has 2 atom stereocenters. The third-order valence-corrected chi connectivity index (χ3v) is 6.53. The Morgan fingerprint density at radius 3 is 1.17 bits per heavy atom. The minimum Gasteiger partial charge on any atom is -0.294 e. The monoisotopic (exact) mass is 477 g/mol. The first-order valence-electron chi connectivity index (χ1n) is 11.9. The molecule has 0 unspecified atom stereocenters. The number of ketones is 2. The molecule has 0 aromatic heterocycles. The second kappa shape index (κ2) is 11.8. The van der Waals surface area contributed by atoms with Crippen molar-refractivity contribution in [2.45, 2.75) is 30.7 Å². The quantitative estimate of drug-likeness (QED) is 0.136. The van der Waals surface area contributed by atoms with Crippen molar-refractivity contribution in [3.05, 3.63) is 154 Å². The van der Waals surface area contributed by atoms with Gasteiger partial charge < -0.3 is 0 Å². The first kappa shape index (κ1) is 24.7. The van der Waals surface area contributed by atoms with E-state index in [0.717, 1.165) is 0 Å². The van der Waals surface area contributed by atoms with E-state index in [1.54, 1.807) is 48.5 Å². The Labute approximate surface area is 210 Å². The summed E-state index contributed by atoms with van der Waals surface area (Å²) in [4.78, 5) is 39.0. The summed E-state index contributed by atoms with van der Waals surface area (Å²) in [7, 11) is 0. The number of carbonyl (C=O) groups excluding carboxylic acids is 2. The first-order valence-corrected chi connectivity index (χ1v) is 11.9. The van der Waals surface area contributed by atoms with Crippen molar-refractivity contribution in [3.8, 4) is 0 Å². The lowest BCUT2D eigenvalue weighted by molar-refractivity contribution is -0.531. The SMILES string of the molecule is O=C(C[C@H](c1ccccc1)C([C@H](CC(=O)c1ccccc1)c1ccccc1)[N+](=O)[O-])c1ccccc1. The van der Waals surface area contributed by atoms with Crippen LogP contribution in [0.1, 0.15) is 56.5 Å². The molecule has 36 heavy (non-hydrogen) atoms. The molecule has 0 fully saturated rings. The minimum absolute atomic E-state index is 0.0392. The summed E-state index contributed by atoms with van der Waals surface area (Å²) in [5.74, 6) is -1.78. The first-order chi connectivity index (χ1) is 17.5. The number of hydrogen-bond donors (Lipinski definition) is 0. The smallest absolute Gasteiger partial charge is 0.227 e. The zero-order valence-electron chi connectivity index (χ0n) is 19.8. The van der Waals surface area contributed by atoms with Gasteiger partial charge in [-0.15, -0.1) is 0 Å². The van der Waals surface area contributed by atoms with Crippen LogP contribution < -0.4 is 0 Å². The fourth-order valence-electron chi connectivity index (χ4n) is 4.73. The number of rotatable bonds is 11. The van der Waals surface area contributed by atoms with E-state index in [0.29, 0.717) is 22.3 Å². The number of hydrogen-bond acceptors (Lipinski definition) is 4. The summed E-state index contributed by atoms with van der Waals surface area (Å²) in [6.45, 7) is 0. The third kappa shape index (κ3) is 5.99. The Hall–Kier alpha value is -4.38. The highest BCUT2D eigenvalue weighted by Gasteiger charge is 2.42. The van der Waals surface area contributed by atoms with E-state index in [4.69, 9.17) is 0 Å². The highest BCUT2D eigenvalue weighted by atomic mass is 16.6. The maximum Gasteiger partial charge on any atom is 0.227 e. The molecule has 5 heteroatoms. The number of nitrogens with zero attached hydrogens (tertiary/aromatic N) is 1. The Kier molecular flexibility index (Phi) is 8.14. The molecule has 180 valence electrons. The maximum absolute atomic E-state index is 13.3. The largest absolute Gasteiger partial charge is 0.294 e. The van der Waals surface area contributed by atoms with Crippen molar-refractivity contribution >= 4 is 11.6 Å². The molecule has 0 aliphatic heterocycles. The summed E-state index contributed by atoms with van der Waals surface area (Å²) in [6, 6.07) is 34.7. The van der Waals surface area contributed by atoms with E-state index in [1.165, 1.54) is 0 Å². The number of benzene rings is 4. The van der Waals surface area contributed by atoms with Crippen LogP contribution in [0.4, 0.5) is 0 Å². The molecule has 0 amide bonds. The zero-order valence-corrected chi connectivity index (χ0v) is 19.8. The Bertz CT molecular complexity index is 1190. The van der Waals surface area contributed by atoms with Crippen LogP contribution in [0.2, 0.25) is 0 Å². The zero-order chi connectivity index (χ0) is 25.3. The van der Waals surface area contributed by atoms with Crippen LogP contribution in [0, 0.1) is 10.1 Å². The fourth-order valence-corrected chi connectivity index (χ4v) is 4.73. The summed E-state index contributed by atoms with van der Waals surface area (Å²) in [6.07, 6.45) is -0.0783. The van der Waals surface area contributed by atoms with Crippen molar-refractivity contribution in [1.82, 2.24) is 0 Å². The standard InChI is InChI=1S/C31H27NO4/c33-29(25-17-9-3-10-18-25)21-27(23-13-5-1-6-14-23)31(32(35)36)28(24-15-7-2-8-16-24)22-30(34)26-19-11-4-12-20-26/h1-20,27-28,31H,21-22H2/t27-,28-/m1/s1. The molecule has 4 aromatic carbocycles. The number of Topliss-reactive ketones (excluding diaryl/α,β-unsaturated/α-hetero) is 2. The van der Waals surface area contributed by atoms with Gasteiger partial charge in [-0.1, -0.05) is 121 Å². The van der Waals surface area contributed by atoms with Gasteiger partial charge in [0.2, 0.25) is 6.04 Å². The summed E-state index contributed by atoms with van der Waals surface area (Å²) < 4.78 is 0. The molecule has 0 saturated carbocycles. The molecule has 0 radical (unpaired) electrons. The van der Waals surface area contributed by atoms with Gasteiger partial charge in [0.05, 0.1) is 11.8 Å². The van der Waals surface area contributed by atoms with Crippen molar-refractivity contribution in [2.75, 3.05) is 0 Å². The van der Waals surface area contributed by atoms with Gasteiger partial charge >= 0.3 is 0 Å². The molecule has 0 saturated heterocycles. The van der Waals surface area contributed by atoms with Crippen LogP contribution in [-0.4, -0.2) is 22.5 Å². The van der Waals surface area contributed by atoms with Crippen molar-refractivity contribution in [2.24, 2.45) is 0 Å². The van der Waals surface area contributed by atoms with Gasteiger partial charge in [0.1, 0.15) is 0 Å². The fraction of sp³-hybridized carbons (Fsp3) is 0.161. The lowest BCUT2D eigenvalue weighted by Gasteiger charge is -2.28. The molecule has 0 spiro atoms. The lowest BCUT2D eigenvalue weighted by Crippen LogP contribution is -2.36. The highest BCUT2D eigenvalue weighted by Crippen LogP contribution is 2.38. The Morgan fingerprint density at radius 1 is 0.556 bits per heavy atom. The molecule has 0 N–H and O–H groups in total. The van der Waals surface area contributed by atoms with Crippen LogP contribution in [0.5, 0.6) is 0 Å². The van der Waals surface area contributed by atoms with Gasteiger partial charge in [0.25, 0.3) is 0 Å². The van der Waals surface area contributed by atoms with Gasteiger partial charge in [-0.05, 0) is 11.1 Å². The van der Waals surface area contributed by atoms with Crippen molar-refractivity contribution < 1.29 is 14.5 Å². The maximum atomic E-state index is 13.3. The molecule has 0 aliphatic rings. The van der Waals surface area contributed by atoms with Crippen LogP contribution >= 0.6 is 0 Å². The van der Waals surface area contributed by atoms with E-state index in [-0.39, 0.29) is 29.3 Å². The van der Waals surface area contributed by atoms with Gasteiger partial charge in [-0.25, -0.2) is 0 Å². The molecule has 0 heterocycles.